The van der Waals surface area contributed by atoms with Crippen molar-refractivity contribution in [3.8, 4) is 0 Å². The number of amides is 1. The molecule has 0 aromatic heterocycles. The third kappa shape index (κ3) is 3.71. The SMILES string of the molecule is CC1CCN(C(=O)CCC2CCCCN2)CC1C. The topological polar surface area (TPSA) is 32.3 Å². The molecule has 0 aromatic rings. The summed E-state index contributed by atoms with van der Waals surface area (Å²) in [6.07, 6.45) is 6.81. The highest BCUT2D eigenvalue weighted by atomic mass is 16.2. The molecular formula is C15H28N2O. The molecule has 0 saturated carbocycles. The van der Waals surface area contributed by atoms with E-state index in [0.717, 1.165) is 38.4 Å². The van der Waals surface area contributed by atoms with Gasteiger partial charge in [-0.15, -0.1) is 0 Å². The Morgan fingerprint density at radius 3 is 2.72 bits per heavy atom. The molecule has 2 rings (SSSR count). The molecule has 0 spiro atoms. The molecule has 2 aliphatic rings. The Morgan fingerprint density at radius 2 is 2.06 bits per heavy atom. The summed E-state index contributed by atoms with van der Waals surface area (Å²) in [5, 5.41) is 3.52. The number of nitrogens with one attached hydrogen (secondary N) is 1. The van der Waals surface area contributed by atoms with Gasteiger partial charge in [0.15, 0.2) is 0 Å². The van der Waals surface area contributed by atoms with Gasteiger partial charge in [-0.2, -0.15) is 0 Å². The van der Waals surface area contributed by atoms with Crippen molar-refractivity contribution >= 4 is 5.91 Å². The van der Waals surface area contributed by atoms with Crippen molar-refractivity contribution in [1.82, 2.24) is 10.2 Å². The van der Waals surface area contributed by atoms with Crippen LogP contribution in [-0.4, -0.2) is 36.5 Å². The number of hydrogen-bond acceptors (Lipinski definition) is 2. The number of carbonyl (C=O) groups excluding carboxylic acids is 1. The summed E-state index contributed by atoms with van der Waals surface area (Å²) in [7, 11) is 0. The first kappa shape index (κ1) is 13.9. The molecule has 18 heavy (non-hydrogen) atoms. The van der Waals surface area contributed by atoms with E-state index in [1.54, 1.807) is 0 Å². The zero-order chi connectivity index (χ0) is 13.0. The molecule has 2 heterocycles. The molecule has 1 amide bonds. The average molecular weight is 252 g/mol. The number of hydrogen-bond donors (Lipinski definition) is 1. The standard InChI is InChI=1S/C15H28N2O/c1-12-8-10-17(11-13(12)2)15(18)7-6-14-5-3-4-9-16-14/h12-14,16H,3-11H2,1-2H3. The summed E-state index contributed by atoms with van der Waals surface area (Å²) in [5.41, 5.74) is 0. The zero-order valence-electron chi connectivity index (χ0n) is 12.0. The molecule has 2 aliphatic heterocycles. The number of likely N-dealkylation sites (tertiary alicyclic amines) is 1. The third-order valence-corrected chi connectivity index (χ3v) is 4.81. The van der Waals surface area contributed by atoms with E-state index in [-0.39, 0.29) is 0 Å². The summed E-state index contributed by atoms with van der Waals surface area (Å²) in [5.74, 6) is 1.81. The predicted molar refractivity (Wildman–Crippen MR) is 74.4 cm³/mol. The molecule has 0 aliphatic carbocycles. The van der Waals surface area contributed by atoms with Gasteiger partial charge < -0.3 is 10.2 Å². The van der Waals surface area contributed by atoms with Gasteiger partial charge in [0, 0.05) is 25.6 Å². The van der Waals surface area contributed by atoms with E-state index in [0.29, 0.717) is 17.9 Å². The minimum Gasteiger partial charge on any atom is -0.342 e. The first-order valence-electron chi connectivity index (χ1n) is 7.68. The van der Waals surface area contributed by atoms with Crippen LogP contribution in [0.5, 0.6) is 0 Å². The van der Waals surface area contributed by atoms with Crippen molar-refractivity contribution < 1.29 is 4.79 Å². The average Bonchev–Trinajstić information content (AvgIpc) is 2.40. The minimum atomic E-state index is 0.376. The van der Waals surface area contributed by atoms with Crippen molar-refractivity contribution in [3.63, 3.8) is 0 Å². The number of nitrogens with zero attached hydrogens (tertiary/aromatic N) is 1. The van der Waals surface area contributed by atoms with Crippen molar-refractivity contribution in [1.29, 1.82) is 0 Å². The maximum atomic E-state index is 12.2. The first-order valence-corrected chi connectivity index (χ1v) is 7.68. The Hall–Kier alpha value is -0.570. The molecule has 0 aromatic carbocycles. The molecule has 0 radical (unpaired) electrons. The van der Waals surface area contributed by atoms with Crippen molar-refractivity contribution in [2.45, 2.75) is 58.4 Å². The Morgan fingerprint density at radius 1 is 1.22 bits per heavy atom. The molecule has 3 atom stereocenters. The summed E-state index contributed by atoms with van der Waals surface area (Å²) >= 11 is 0. The second-order valence-electron chi connectivity index (χ2n) is 6.27. The highest BCUT2D eigenvalue weighted by molar-refractivity contribution is 5.76. The Kier molecular flexibility index (Phi) is 5.04. The van der Waals surface area contributed by atoms with E-state index < -0.39 is 0 Å². The molecular weight excluding hydrogens is 224 g/mol. The Bertz CT molecular complexity index is 274. The van der Waals surface area contributed by atoms with Gasteiger partial charge in [-0.05, 0) is 44.1 Å². The number of rotatable bonds is 3. The van der Waals surface area contributed by atoms with Gasteiger partial charge in [-0.3, -0.25) is 4.79 Å². The van der Waals surface area contributed by atoms with Gasteiger partial charge in [0.1, 0.15) is 0 Å². The van der Waals surface area contributed by atoms with Crippen LogP contribution in [0.15, 0.2) is 0 Å². The Balaban J connectivity index is 1.70. The van der Waals surface area contributed by atoms with Gasteiger partial charge in [0.25, 0.3) is 0 Å². The summed E-state index contributed by atoms with van der Waals surface area (Å²) in [6, 6.07) is 0.587. The molecule has 2 fully saturated rings. The largest absolute Gasteiger partial charge is 0.342 e. The molecule has 3 nitrogen and oxygen atoms in total. The van der Waals surface area contributed by atoms with Crippen LogP contribution in [0.2, 0.25) is 0 Å². The van der Waals surface area contributed by atoms with Crippen LogP contribution in [0.25, 0.3) is 0 Å². The van der Waals surface area contributed by atoms with Gasteiger partial charge in [0.2, 0.25) is 5.91 Å². The molecule has 1 N–H and O–H groups in total. The Labute approximate surface area is 111 Å². The monoisotopic (exact) mass is 252 g/mol. The van der Waals surface area contributed by atoms with Gasteiger partial charge in [-0.1, -0.05) is 20.3 Å². The van der Waals surface area contributed by atoms with Crippen LogP contribution in [0.1, 0.15) is 52.4 Å². The maximum absolute atomic E-state index is 12.2. The predicted octanol–water partition coefficient (Wildman–Crippen LogP) is 2.41. The second kappa shape index (κ2) is 6.55. The fraction of sp³-hybridized carbons (Fsp3) is 0.933. The van der Waals surface area contributed by atoms with Gasteiger partial charge in [0.05, 0.1) is 0 Å². The summed E-state index contributed by atoms with van der Waals surface area (Å²) < 4.78 is 0. The lowest BCUT2D eigenvalue weighted by Gasteiger charge is -2.35. The van der Waals surface area contributed by atoms with Crippen molar-refractivity contribution in [3.05, 3.63) is 0 Å². The van der Waals surface area contributed by atoms with Crippen molar-refractivity contribution in [2.24, 2.45) is 11.8 Å². The number of piperidine rings is 2. The fourth-order valence-corrected chi connectivity index (χ4v) is 3.12. The normalized spacial score (nSPS) is 33.4. The van der Waals surface area contributed by atoms with E-state index in [1.165, 1.54) is 25.7 Å². The zero-order valence-corrected chi connectivity index (χ0v) is 12.0. The lowest BCUT2D eigenvalue weighted by atomic mass is 9.88. The molecule has 104 valence electrons. The van der Waals surface area contributed by atoms with Crippen LogP contribution in [-0.2, 0) is 4.79 Å². The van der Waals surface area contributed by atoms with Crippen LogP contribution in [0, 0.1) is 11.8 Å². The minimum absolute atomic E-state index is 0.376. The second-order valence-corrected chi connectivity index (χ2v) is 6.27. The van der Waals surface area contributed by atoms with Crippen LogP contribution in [0.4, 0.5) is 0 Å². The van der Waals surface area contributed by atoms with Crippen LogP contribution < -0.4 is 5.32 Å². The summed E-state index contributed by atoms with van der Waals surface area (Å²) in [6.45, 7) is 7.66. The maximum Gasteiger partial charge on any atom is 0.222 e. The molecule has 3 heteroatoms. The lowest BCUT2D eigenvalue weighted by Crippen LogP contribution is -2.43. The summed E-state index contributed by atoms with van der Waals surface area (Å²) in [4.78, 5) is 14.3. The smallest absolute Gasteiger partial charge is 0.222 e. The van der Waals surface area contributed by atoms with Gasteiger partial charge >= 0.3 is 0 Å². The lowest BCUT2D eigenvalue weighted by molar-refractivity contribution is -0.133. The van der Waals surface area contributed by atoms with E-state index in [4.69, 9.17) is 0 Å². The van der Waals surface area contributed by atoms with E-state index >= 15 is 0 Å². The van der Waals surface area contributed by atoms with E-state index in [2.05, 4.69) is 24.1 Å². The van der Waals surface area contributed by atoms with Crippen LogP contribution >= 0.6 is 0 Å². The first-order chi connectivity index (χ1) is 8.66. The molecule has 3 unspecified atom stereocenters. The van der Waals surface area contributed by atoms with E-state index in [9.17, 15) is 4.79 Å². The molecule has 2 saturated heterocycles. The van der Waals surface area contributed by atoms with Crippen molar-refractivity contribution in [2.75, 3.05) is 19.6 Å². The number of carbonyl (C=O) groups is 1. The highest BCUT2D eigenvalue weighted by Gasteiger charge is 2.26. The third-order valence-electron chi connectivity index (χ3n) is 4.81. The van der Waals surface area contributed by atoms with E-state index in [1.807, 2.05) is 0 Å². The molecule has 0 bridgehead atoms. The van der Waals surface area contributed by atoms with Gasteiger partial charge in [-0.25, -0.2) is 0 Å². The quantitative estimate of drug-likeness (QED) is 0.836. The fourth-order valence-electron chi connectivity index (χ4n) is 3.12. The highest BCUT2D eigenvalue weighted by Crippen LogP contribution is 2.23. The van der Waals surface area contributed by atoms with Crippen LogP contribution in [0.3, 0.4) is 0 Å².